The maximum Gasteiger partial charge on any atom is 0.164 e. The predicted octanol–water partition coefficient (Wildman–Crippen LogP) is 3.95. The van der Waals surface area contributed by atoms with E-state index in [4.69, 9.17) is 0 Å². The van der Waals surface area contributed by atoms with Crippen molar-refractivity contribution < 1.29 is 8.78 Å². The van der Waals surface area contributed by atoms with Gasteiger partial charge in [0.1, 0.15) is 0 Å². The van der Waals surface area contributed by atoms with Gasteiger partial charge in [0.2, 0.25) is 0 Å². The van der Waals surface area contributed by atoms with Crippen molar-refractivity contribution in [1.82, 2.24) is 5.32 Å². The standard InChI is InChI=1S/C14H15F2NS/c1-8-4-6-10(13(16)12(8)15)14(17-3)11-7-5-9(2)18-11/h4-7,14,17H,1-3H3. The molecule has 1 unspecified atom stereocenters. The number of aryl methyl sites for hydroxylation is 2. The number of thiophene rings is 1. The van der Waals surface area contributed by atoms with Crippen LogP contribution in [0.3, 0.4) is 0 Å². The molecule has 2 aromatic rings. The van der Waals surface area contributed by atoms with E-state index in [1.54, 1.807) is 37.4 Å². The molecular formula is C14H15F2NS. The van der Waals surface area contributed by atoms with Crippen molar-refractivity contribution >= 4 is 11.3 Å². The number of rotatable bonds is 3. The molecule has 18 heavy (non-hydrogen) atoms. The molecule has 0 aliphatic heterocycles. The molecular weight excluding hydrogens is 252 g/mol. The van der Waals surface area contributed by atoms with Crippen LogP contribution in [0.2, 0.25) is 0 Å². The summed E-state index contributed by atoms with van der Waals surface area (Å²) < 4.78 is 27.6. The summed E-state index contributed by atoms with van der Waals surface area (Å²) in [6.07, 6.45) is 0. The summed E-state index contributed by atoms with van der Waals surface area (Å²) in [7, 11) is 1.75. The van der Waals surface area contributed by atoms with Crippen LogP contribution in [0.5, 0.6) is 0 Å². The Morgan fingerprint density at radius 1 is 1.06 bits per heavy atom. The van der Waals surface area contributed by atoms with Crippen LogP contribution in [0.4, 0.5) is 8.78 Å². The minimum Gasteiger partial charge on any atom is -0.309 e. The maximum absolute atomic E-state index is 14.0. The lowest BCUT2D eigenvalue weighted by atomic mass is 10.0. The van der Waals surface area contributed by atoms with Crippen molar-refractivity contribution in [3.63, 3.8) is 0 Å². The summed E-state index contributed by atoms with van der Waals surface area (Å²) in [4.78, 5) is 2.13. The van der Waals surface area contributed by atoms with Crippen LogP contribution in [0, 0.1) is 25.5 Å². The monoisotopic (exact) mass is 267 g/mol. The molecule has 0 saturated carbocycles. The lowest BCUT2D eigenvalue weighted by molar-refractivity contribution is 0.483. The van der Waals surface area contributed by atoms with Gasteiger partial charge in [0.05, 0.1) is 6.04 Å². The molecule has 0 aliphatic rings. The van der Waals surface area contributed by atoms with Crippen LogP contribution in [0.1, 0.15) is 26.9 Å². The van der Waals surface area contributed by atoms with Gasteiger partial charge >= 0.3 is 0 Å². The fraction of sp³-hybridized carbons (Fsp3) is 0.286. The van der Waals surface area contributed by atoms with Gasteiger partial charge < -0.3 is 5.32 Å². The molecule has 96 valence electrons. The highest BCUT2D eigenvalue weighted by Crippen LogP contribution is 2.30. The Morgan fingerprint density at radius 3 is 2.33 bits per heavy atom. The van der Waals surface area contributed by atoms with E-state index in [9.17, 15) is 8.78 Å². The third-order valence-corrected chi connectivity index (χ3v) is 4.02. The molecule has 0 saturated heterocycles. The predicted molar refractivity (Wildman–Crippen MR) is 71.1 cm³/mol. The van der Waals surface area contributed by atoms with E-state index < -0.39 is 11.6 Å². The highest BCUT2D eigenvalue weighted by molar-refractivity contribution is 7.12. The number of halogens is 2. The highest BCUT2D eigenvalue weighted by Gasteiger charge is 2.20. The summed E-state index contributed by atoms with van der Waals surface area (Å²) in [6.45, 7) is 3.55. The topological polar surface area (TPSA) is 12.0 Å². The third kappa shape index (κ3) is 2.31. The smallest absolute Gasteiger partial charge is 0.164 e. The Bertz CT molecular complexity index is 563. The first kappa shape index (κ1) is 13.2. The van der Waals surface area contributed by atoms with Gasteiger partial charge in [-0.1, -0.05) is 12.1 Å². The van der Waals surface area contributed by atoms with Crippen LogP contribution in [-0.2, 0) is 0 Å². The van der Waals surface area contributed by atoms with Gasteiger partial charge in [-0.15, -0.1) is 11.3 Å². The third-order valence-electron chi connectivity index (χ3n) is 2.95. The molecule has 0 radical (unpaired) electrons. The Kier molecular flexibility index (Phi) is 3.78. The highest BCUT2D eigenvalue weighted by atomic mass is 32.1. The Hall–Kier alpha value is -1.26. The minimum atomic E-state index is -0.764. The van der Waals surface area contributed by atoms with Crippen molar-refractivity contribution in [2.45, 2.75) is 19.9 Å². The quantitative estimate of drug-likeness (QED) is 0.887. The van der Waals surface area contributed by atoms with Crippen LogP contribution in [-0.4, -0.2) is 7.05 Å². The lowest BCUT2D eigenvalue weighted by Crippen LogP contribution is -2.18. The average molecular weight is 267 g/mol. The molecule has 1 aromatic carbocycles. The van der Waals surface area contributed by atoms with Gasteiger partial charge in [0.15, 0.2) is 11.6 Å². The molecule has 0 spiro atoms. The zero-order valence-electron chi connectivity index (χ0n) is 10.6. The Morgan fingerprint density at radius 2 is 1.78 bits per heavy atom. The van der Waals surface area contributed by atoms with E-state index in [1.165, 1.54) is 0 Å². The van der Waals surface area contributed by atoms with Crippen LogP contribution < -0.4 is 5.32 Å². The maximum atomic E-state index is 14.0. The number of hydrogen-bond donors (Lipinski definition) is 1. The molecule has 0 fully saturated rings. The van der Waals surface area contributed by atoms with Gasteiger partial charge in [0.25, 0.3) is 0 Å². The van der Waals surface area contributed by atoms with Crippen molar-refractivity contribution in [2.24, 2.45) is 0 Å². The van der Waals surface area contributed by atoms with Crippen molar-refractivity contribution in [3.05, 3.63) is 56.8 Å². The van der Waals surface area contributed by atoms with Crippen LogP contribution >= 0.6 is 11.3 Å². The first-order valence-corrected chi connectivity index (χ1v) is 6.54. The number of benzene rings is 1. The molecule has 0 amide bonds. The van der Waals surface area contributed by atoms with Gasteiger partial charge in [0, 0.05) is 15.3 Å². The number of hydrogen-bond acceptors (Lipinski definition) is 2. The fourth-order valence-electron chi connectivity index (χ4n) is 1.94. The van der Waals surface area contributed by atoms with E-state index in [2.05, 4.69) is 5.32 Å². The molecule has 1 aromatic heterocycles. The van der Waals surface area contributed by atoms with Crippen LogP contribution in [0.15, 0.2) is 24.3 Å². The number of nitrogens with one attached hydrogen (secondary N) is 1. The van der Waals surface area contributed by atoms with E-state index >= 15 is 0 Å². The lowest BCUT2D eigenvalue weighted by Gasteiger charge is -2.16. The molecule has 0 aliphatic carbocycles. The van der Waals surface area contributed by atoms with E-state index in [0.29, 0.717) is 11.1 Å². The minimum absolute atomic E-state index is 0.307. The average Bonchev–Trinajstić information content (AvgIpc) is 2.77. The summed E-state index contributed by atoms with van der Waals surface area (Å²) >= 11 is 1.58. The van der Waals surface area contributed by atoms with E-state index in [0.717, 1.165) is 9.75 Å². The molecule has 1 atom stereocenters. The summed E-state index contributed by atoms with van der Waals surface area (Å²) in [6, 6.07) is 6.87. The molecule has 1 nitrogen and oxygen atoms in total. The van der Waals surface area contributed by atoms with Gasteiger partial charge in [-0.05, 0) is 38.6 Å². The first-order valence-electron chi connectivity index (χ1n) is 5.72. The fourth-order valence-corrected chi connectivity index (χ4v) is 2.95. The summed E-state index contributed by atoms with van der Waals surface area (Å²) in [5.74, 6) is -1.53. The normalized spacial score (nSPS) is 12.7. The molecule has 2 rings (SSSR count). The van der Waals surface area contributed by atoms with E-state index in [1.807, 2.05) is 19.1 Å². The first-order chi connectivity index (χ1) is 8.54. The second kappa shape index (κ2) is 5.16. The van der Waals surface area contributed by atoms with Crippen LogP contribution in [0.25, 0.3) is 0 Å². The van der Waals surface area contributed by atoms with Gasteiger partial charge in [-0.25, -0.2) is 8.78 Å². The van der Waals surface area contributed by atoms with Crippen molar-refractivity contribution in [3.8, 4) is 0 Å². The second-order valence-electron chi connectivity index (χ2n) is 4.27. The molecule has 1 heterocycles. The Balaban J connectivity index is 2.49. The van der Waals surface area contributed by atoms with Gasteiger partial charge in [-0.3, -0.25) is 0 Å². The molecule has 4 heteroatoms. The van der Waals surface area contributed by atoms with Crippen molar-refractivity contribution in [1.29, 1.82) is 0 Å². The zero-order chi connectivity index (χ0) is 13.3. The summed E-state index contributed by atoms with van der Waals surface area (Å²) in [5, 5.41) is 3.04. The molecule has 0 bridgehead atoms. The zero-order valence-corrected chi connectivity index (χ0v) is 11.4. The Labute approximate surface area is 109 Å². The van der Waals surface area contributed by atoms with E-state index in [-0.39, 0.29) is 6.04 Å². The SMILES string of the molecule is CNC(c1ccc(C)s1)c1ccc(C)c(F)c1F. The largest absolute Gasteiger partial charge is 0.309 e. The summed E-state index contributed by atoms with van der Waals surface area (Å²) in [5.41, 5.74) is 0.677. The second-order valence-corrected chi connectivity index (χ2v) is 5.59. The van der Waals surface area contributed by atoms with Crippen molar-refractivity contribution in [2.75, 3.05) is 7.05 Å². The van der Waals surface area contributed by atoms with Gasteiger partial charge in [-0.2, -0.15) is 0 Å². The molecule has 1 N–H and O–H groups in total.